The lowest BCUT2D eigenvalue weighted by molar-refractivity contribution is -0.115. The van der Waals surface area contributed by atoms with E-state index < -0.39 is 0 Å². The molecule has 1 saturated heterocycles. The number of hydrogen-bond acceptors (Lipinski definition) is 4. The molecular formula is C18H19BrN4O2. The van der Waals surface area contributed by atoms with Crippen molar-refractivity contribution in [3.8, 4) is 0 Å². The lowest BCUT2D eigenvalue weighted by Crippen LogP contribution is -2.34. The first kappa shape index (κ1) is 17.4. The molecule has 2 N–H and O–H groups in total. The second-order valence-corrected chi connectivity index (χ2v) is 6.63. The number of nitrogens with zero attached hydrogens (tertiary/aromatic N) is 2. The summed E-state index contributed by atoms with van der Waals surface area (Å²) in [6.07, 6.45) is 3.89. The van der Waals surface area contributed by atoms with E-state index in [2.05, 4.69) is 36.4 Å². The fraction of sp³-hybridized carbons (Fsp3) is 0.278. The van der Waals surface area contributed by atoms with Crippen molar-refractivity contribution < 1.29 is 9.59 Å². The first-order valence-electron chi connectivity index (χ1n) is 8.17. The fourth-order valence-corrected chi connectivity index (χ4v) is 3.15. The van der Waals surface area contributed by atoms with E-state index in [1.54, 1.807) is 24.4 Å². The average Bonchev–Trinajstić information content (AvgIpc) is 3.16. The molecule has 2 aromatic rings. The van der Waals surface area contributed by atoms with Crippen LogP contribution in [0.4, 0.5) is 11.5 Å². The Morgan fingerprint density at radius 2 is 1.88 bits per heavy atom. The van der Waals surface area contributed by atoms with Gasteiger partial charge in [0.25, 0.3) is 5.91 Å². The van der Waals surface area contributed by atoms with Crippen molar-refractivity contribution in [3.05, 3.63) is 52.6 Å². The predicted molar refractivity (Wildman–Crippen MR) is 101 cm³/mol. The van der Waals surface area contributed by atoms with E-state index in [9.17, 15) is 9.59 Å². The number of rotatable bonds is 5. The third-order valence-electron chi connectivity index (χ3n) is 3.99. The molecule has 0 atom stereocenters. The van der Waals surface area contributed by atoms with Gasteiger partial charge in [0.2, 0.25) is 5.91 Å². The summed E-state index contributed by atoms with van der Waals surface area (Å²) in [6, 6.07) is 10.8. The molecule has 1 fully saturated rings. The lowest BCUT2D eigenvalue weighted by Gasteiger charge is -2.19. The quantitative estimate of drug-likeness (QED) is 0.805. The third-order valence-corrected chi connectivity index (χ3v) is 4.69. The summed E-state index contributed by atoms with van der Waals surface area (Å²) in [5.74, 6) is 0.104. The second-order valence-electron chi connectivity index (χ2n) is 5.78. The van der Waals surface area contributed by atoms with Gasteiger partial charge in [-0.05, 0) is 53.0 Å². The van der Waals surface area contributed by atoms with Gasteiger partial charge in [0, 0.05) is 23.8 Å². The molecule has 6 nitrogen and oxygen atoms in total. The summed E-state index contributed by atoms with van der Waals surface area (Å²) in [5.41, 5.74) is 1.17. The van der Waals surface area contributed by atoms with E-state index in [4.69, 9.17) is 0 Å². The number of carbonyl (C=O) groups excluding carboxylic acids is 2. The molecule has 0 radical (unpaired) electrons. The Labute approximate surface area is 154 Å². The van der Waals surface area contributed by atoms with Crippen LogP contribution in [0, 0.1) is 0 Å². The van der Waals surface area contributed by atoms with Crippen molar-refractivity contribution in [1.29, 1.82) is 0 Å². The summed E-state index contributed by atoms with van der Waals surface area (Å²) < 4.78 is 0.790. The zero-order valence-electron chi connectivity index (χ0n) is 13.7. The van der Waals surface area contributed by atoms with Gasteiger partial charge in [-0.1, -0.05) is 12.1 Å². The number of amides is 2. The van der Waals surface area contributed by atoms with Gasteiger partial charge in [0.1, 0.15) is 5.82 Å². The molecule has 7 heteroatoms. The smallest absolute Gasteiger partial charge is 0.255 e. The van der Waals surface area contributed by atoms with Gasteiger partial charge in [-0.3, -0.25) is 9.59 Å². The van der Waals surface area contributed by atoms with Gasteiger partial charge in [-0.25, -0.2) is 4.98 Å². The number of anilines is 2. The summed E-state index contributed by atoms with van der Waals surface area (Å²) in [7, 11) is 0. The van der Waals surface area contributed by atoms with Crippen LogP contribution in [0.2, 0.25) is 0 Å². The number of halogens is 1. The molecule has 1 aliphatic rings. The van der Waals surface area contributed by atoms with Gasteiger partial charge in [-0.2, -0.15) is 0 Å². The Bertz CT molecular complexity index is 775. The molecule has 2 heterocycles. The molecule has 1 aliphatic heterocycles. The molecule has 0 bridgehead atoms. The van der Waals surface area contributed by atoms with E-state index >= 15 is 0 Å². The van der Waals surface area contributed by atoms with Crippen molar-refractivity contribution in [2.45, 2.75) is 12.8 Å². The predicted octanol–water partition coefficient (Wildman–Crippen LogP) is 2.81. The van der Waals surface area contributed by atoms with E-state index in [1.165, 1.54) is 0 Å². The average molecular weight is 403 g/mol. The minimum atomic E-state index is -0.294. The van der Waals surface area contributed by atoms with Crippen molar-refractivity contribution in [2.75, 3.05) is 29.9 Å². The Morgan fingerprint density at radius 1 is 1.12 bits per heavy atom. The Kier molecular flexibility index (Phi) is 5.65. The zero-order valence-corrected chi connectivity index (χ0v) is 15.3. The lowest BCUT2D eigenvalue weighted by atomic mass is 10.2. The number of para-hydroxylation sites is 1. The highest BCUT2D eigenvalue weighted by Crippen LogP contribution is 2.22. The molecule has 0 unspecified atom stereocenters. The summed E-state index contributed by atoms with van der Waals surface area (Å²) in [5, 5.41) is 5.43. The number of pyridine rings is 1. The fourth-order valence-electron chi connectivity index (χ4n) is 2.77. The number of carbonyl (C=O) groups is 2. The topological polar surface area (TPSA) is 74.3 Å². The van der Waals surface area contributed by atoms with Gasteiger partial charge >= 0.3 is 0 Å². The largest absolute Gasteiger partial charge is 0.356 e. The van der Waals surface area contributed by atoms with E-state index in [1.807, 2.05) is 18.2 Å². The maximum Gasteiger partial charge on any atom is 0.255 e. The highest BCUT2D eigenvalue weighted by molar-refractivity contribution is 9.10. The van der Waals surface area contributed by atoms with Crippen molar-refractivity contribution in [3.63, 3.8) is 0 Å². The number of hydrogen-bond donors (Lipinski definition) is 2. The molecule has 3 rings (SSSR count). The molecule has 2 amide bonds. The Morgan fingerprint density at radius 3 is 2.64 bits per heavy atom. The third kappa shape index (κ3) is 4.36. The van der Waals surface area contributed by atoms with Crippen LogP contribution < -0.4 is 15.5 Å². The van der Waals surface area contributed by atoms with Crippen LogP contribution in [0.5, 0.6) is 0 Å². The molecule has 1 aromatic carbocycles. The minimum absolute atomic E-state index is 0.103. The Balaban J connectivity index is 1.61. The van der Waals surface area contributed by atoms with Gasteiger partial charge < -0.3 is 15.5 Å². The van der Waals surface area contributed by atoms with Crippen molar-refractivity contribution >= 4 is 39.2 Å². The van der Waals surface area contributed by atoms with Crippen LogP contribution in [0.1, 0.15) is 23.2 Å². The highest BCUT2D eigenvalue weighted by atomic mass is 79.9. The molecule has 0 spiro atoms. The molecule has 25 heavy (non-hydrogen) atoms. The first-order chi connectivity index (χ1) is 12.1. The van der Waals surface area contributed by atoms with Gasteiger partial charge in [0.15, 0.2) is 0 Å². The SMILES string of the molecule is O=C(CNC(=O)c1cccnc1N1CCCC1)Nc1ccccc1Br. The van der Waals surface area contributed by atoms with E-state index in [0.717, 1.165) is 30.4 Å². The minimum Gasteiger partial charge on any atom is -0.356 e. The summed E-state index contributed by atoms with van der Waals surface area (Å²) in [4.78, 5) is 31.0. The summed E-state index contributed by atoms with van der Waals surface area (Å²) in [6.45, 7) is 1.70. The molecular weight excluding hydrogens is 384 g/mol. The highest BCUT2D eigenvalue weighted by Gasteiger charge is 2.20. The van der Waals surface area contributed by atoms with Crippen LogP contribution in [-0.4, -0.2) is 36.4 Å². The normalized spacial score (nSPS) is 13.6. The first-order valence-corrected chi connectivity index (χ1v) is 8.97. The second kappa shape index (κ2) is 8.11. The molecule has 130 valence electrons. The number of nitrogens with one attached hydrogen (secondary N) is 2. The standard InChI is InChI=1S/C18H19BrN4O2/c19-14-7-1-2-8-15(14)22-16(24)12-21-18(25)13-6-5-9-20-17(13)23-10-3-4-11-23/h1-2,5-9H,3-4,10-12H2,(H,21,25)(H,22,24). The van der Waals surface area contributed by atoms with Crippen LogP contribution in [0.3, 0.4) is 0 Å². The maximum absolute atomic E-state index is 12.5. The monoisotopic (exact) mass is 402 g/mol. The van der Waals surface area contributed by atoms with Gasteiger partial charge in [-0.15, -0.1) is 0 Å². The van der Waals surface area contributed by atoms with E-state index in [0.29, 0.717) is 17.1 Å². The van der Waals surface area contributed by atoms with Crippen LogP contribution >= 0.6 is 15.9 Å². The molecule has 0 saturated carbocycles. The van der Waals surface area contributed by atoms with Gasteiger partial charge in [0.05, 0.1) is 17.8 Å². The number of aromatic nitrogens is 1. The molecule has 0 aliphatic carbocycles. The van der Waals surface area contributed by atoms with Crippen LogP contribution in [-0.2, 0) is 4.79 Å². The van der Waals surface area contributed by atoms with E-state index in [-0.39, 0.29) is 18.4 Å². The number of benzene rings is 1. The summed E-state index contributed by atoms with van der Waals surface area (Å²) >= 11 is 3.37. The Hall–Kier alpha value is -2.41. The van der Waals surface area contributed by atoms with Crippen LogP contribution in [0.25, 0.3) is 0 Å². The molecule has 1 aromatic heterocycles. The van der Waals surface area contributed by atoms with Crippen molar-refractivity contribution in [1.82, 2.24) is 10.3 Å². The van der Waals surface area contributed by atoms with Crippen LogP contribution in [0.15, 0.2) is 47.1 Å². The van der Waals surface area contributed by atoms with Crippen molar-refractivity contribution in [2.24, 2.45) is 0 Å². The maximum atomic E-state index is 12.5. The zero-order chi connectivity index (χ0) is 17.6.